The van der Waals surface area contributed by atoms with E-state index in [1.807, 2.05) is 27.7 Å². The molecule has 0 heterocycles. The molecule has 0 spiro atoms. The predicted molar refractivity (Wildman–Crippen MR) is 87.2 cm³/mol. The lowest BCUT2D eigenvalue weighted by molar-refractivity contribution is -0.130. The van der Waals surface area contributed by atoms with Crippen molar-refractivity contribution in [2.24, 2.45) is 23.5 Å². The molecule has 0 aromatic heterocycles. The van der Waals surface area contributed by atoms with Gasteiger partial charge in [-0.15, -0.1) is 12.4 Å². The SMILES string of the molecule is CC(C)CC(=O)NC(C(=O)NC(CN)C1CC1)C(C)C.Cl. The lowest BCUT2D eigenvalue weighted by Gasteiger charge is -2.25. The molecule has 1 saturated carbocycles. The molecule has 0 saturated heterocycles. The maximum atomic E-state index is 12.3. The topological polar surface area (TPSA) is 84.2 Å². The standard InChI is InChI=1S/C15H29N3O2.ClH/c1-9(2)7-13(19)18-14(10(3)4)15(20)17-12(8-16)11-5-6-11;/h9-12,14H,5-8,16H2,1-4H3,(H,17,20)(H,18,19);1H. The van der Waals surface area contributed by atoms with Gasteiger partial charge in [0.15, 0.2) is 0 Å². The van der Waals surface area contributed by atoms with Crippen molar-refractivity contribution >= 4 is 24.2 Å². The Morgan fingerprint density at radius 3 is 2.10 bits per heavy atom. The van der Waals surface area contributed by atoms with Crippen molar-refractivity contribution in [3.05, 3.63) is 0 Å². The summed E-state index contributed by atoms with van der Waals surface area (Å²) in [6, 6.07) is -0.431. The highest BCUT2D eigenvalue weighted by atomic mass is 35.5. The first-order chi connectivity index (χ1) is 9.35. The Balaban J connectivity index is 0.00000400. The van der Waals surface area contributed by atoms with Gasteiger partial charge in [0.2, 0.25) is 11.8 Å². The summed E-state index contributed by atoms with van der Waals surface area (Å²) in [4.78, 5) is 24.2. The first kappa shape index (κ1) is 20.2. The fourth-order valence-corrected chi connectivity index (χ4v) is 2.28. The molecule has 2 unspecified atom stereocenters. The average Bonchev–Trinajstić information content (AvgIpc) is 3.15. The van der Waals surface area contributed by atoms with Gasteiger partial charge >= 0.3 is 0 Å². The third kappa shape index (κ3) is 7.14. The smallest absolute Gasteiger partial charge is 0.243 e. The number of carbonyl (C=O) groups excluding carboxylic acids is 2. The van der Waals surface area contributed by atoms with Gasteiger partial charge in [-0.2, -0.15) is 0 Å². The van der Waals surface area contributed by atoms with Crippen LogP contribution < -0.4 is 16.4 Å². The van der Waals surface area contributed by atoms with Crippen molar-refractivity contribution < 1.29 is 9.59 Å². The summed E-state index contributed by atoms with van der Waals surface area (Å²) >= 11 is 0. The Bertz CT molecular complexity index is 344. The molecule has 1 rings (SSSR count). The number of hydrogen-bond donors (Lipinski definition) is 3. The second-order valence-corrected chi connectivity index (χ2v) is 6.58. The summed E-state index contributed by atoms with van der Waals surface area (Å²) in [6.07, 6.45) is 2.71. The van der Waals surface area contributed by atoms with E-state index in [9.17, 15) is 9.59 Å². The van der Waals surface area contributed by atoms with E-state index in [1.54, 1.807) is 0 Å². The fraction of sp³-hybridized carbons (Fsp3) is 0.867. The highest BCUT2D eigenvalue weighted by molar-refractivity contribution is 5.88. The quantitative estimate of drug-likeness (QED) is 0.633. The number of nitrogens with two attached hydrogens (primary N) is 1. The molecule has 0 aromatic rings. The average molecular weight is 320 g/mol. The molecule has 0 bridgehead atoms. The summed E-state index contributed by atoms with van der Waals surface area (Å²) in [5.74, 6) is 0.685. The molecule has 4 N–H and O–H groups in total. The predicted octanol–water partition coefficient (Wildman–Crippen LogP) is 1.45. The van der Waals surface area contributed by atoms with Crippen molar-refractivity contribution in [1.82, 2.24) is 10.6 Å². The molecule has 0 aromatic carbocycles. The molecule has 6 heteroatoms. The van der Waals surface area contributed by atoms with E-state index in [4.69, 9.17) is 5.73 Å². The van der Waals surface area contributed by atoms with Gasteiger partial charge in [-0.1, -0.05) is 27.7 Å². The Morgan fingerprint density at radius 2 is 1.71 bits per heavy atom. The van der Waals surface area contributed by atoms with E-state index in [1.165, 1.54) is 0 Å². The van der Waals surface area contributed by atoms with Crippen molar-refractivity contribution in [3.8, 4) is 0 Å². The van der Waals surface area contributed by atoms with Crippen molar-refractivity contribution in [1.29, 1.82) is 0 Å². The van der Waals surface area contributed by atoms with Gasteiger partial charge in [-0.25, -0.2) is 0 Å². The lowest BCUT2D eigenvalue weighted by atomic mass is 10.0. The highest BCUT2D eigenvalue weighted by Crippen LogP contribution is 2.32. The molecule has 1 fully saturated rings. The van der Waals surface area contributed by atoms with Crippen molar-refractivity contribution in [2.45, 2.75) is 59.0 Å². The molecule has 1 aliphatic carbocycles. The first-order valence-corrected chi connectivity index (χ1v) is 7.65. The Kier molecular flexibility index (Phi) is 8.90. The molecule has 2 amide bonds. The van der Waals surface area contributed by atoms with Crippen LogP contribution in [0.2, 0.25) is 0 Å². The third-order valence-electron chi connectivity index (χ3n) is 3.63. The zero-order valence-electron chi connectivity index (χ0n) is 13.5. The molecule has 5 nitrogen and oxygen atoms in total. The van der Waals surface area contributed by atoms with Gasteiger partial charge in [-0.3, -0.25) is 9.59 Å². The molecular weight excluding hydrogens is 290 g/mol. The van der Waals surface area contributed by atoms with Crippen LogP contribution in [-0.2, 0) is 9.59 Å². The Hall–Kier alpha value is -0.810. The van der Waals surface area contributed by atoms with Crippen LogP contribution in [0, 0.1) is 17.8 Å². The van der Waals surface area contributed by atoms with Gasteiger partial charge in [0.1, 0.15) is 6.04 Å². The van der Waals surface area contributed by atoms with Crippen LogP contribution in [0.15, 0.2) is 0 Å². The van der Waals surface area contributed by atoms with E-state index < -0.39 is 6.04 Å². The summed E-state index contributed by atoms with van der Waals surface area (Å²) in [6.45, 7) is 8.31. The van der Waals surface area contributed by atoms with Gasteiger partial charge in [0, 0.05) is 19.0 Å². The zero-order valence-corrected chi connectivity index (χ0v) is 14.3. The molecular formula is C15H30ClN3O2. The van der Waals surface area contributed by atoms with E-state index in [2.05, 4.69) is 10.6 Å². The van der Waals surface area contributed by atoms with Crippen LogP contribution in [0.4, 0.5) is 0 Å². The maximum Gasteiger partial charge on any atom is 0.243 e. The van der Waals surface area contributed by atoms with E-state index in [0.717, 1.165) is 12.8 Å². The van der Waals surface area contributed by atoms with E-state index in [0.29, 0.717) is 18.9 Å². The number of halogens is 1. The first-order valence-electron chi connectivity index (χ1n) is 7.65. The van der Waals surface area contributed by atoms with Crippen molar-refractivity contribution in [3.63, 3.8) is 0 Å². The third-order valence-corrected chi connectivity index (χ3v) is 3.63. The van der Waals surface area contributed by atoms with Gasteiger partial charge in [0.25, 0.3) is 0 Å². The largest absolute Gasteiger partial charge is 0.350 e. The Labute approximate surface area is 134 Å². The summed E-state index contributed by atoms with van der Waals surface area (Å²) in [7, 11) is 0. The Morgan fingerprint density at radius 1 is 1.14 bits per heavy atom. The van der Waals surface area contributed by atoms with Crippen LogP contribution in [0.1, 0.15) is 47.0 Å². The van der Waals surface area contributed by atoms with Crippen LogP contribution >= 0.6 is 12.4 Å². The number of amides is 2. The van der Waals surface area contributed by atoms with Crippen molar-refractivity contribution in [2.75, 3.05) is 6.54 Å². The molecule has 0 aliphatic heterocycles. The van der Waals surface area contributed by atoms with Crippen LogP contribution in [0.25, 0.3) is 0 Å². The second kappa shape index (κ2) is 9.26. The van der Waals surface area contributed by atoms with E-state index in [-0.39, 0.29) is 42.1 Å². The van der Waals surface area contributed by atoms with Crippen LogP contribution in [0.5, 0.6) is 0 Å². The second-order valence-electron chi connectivity index (χ2n) is 6.58. The molecule has 0 radical (unpaired) electrons. The van der Waals surface area contributed by atoms with E-state index >= 15 is 0 Å². The monoisotopic (exact) mass is 319 g/mol. The van der Waals surface area contributed by atoms with Gasteiger partial charge in [-0.05, 0) is 30.6 Å². The summed E-state index contributed by atoms with van der Waals surface area (Å²) in [5, 5.41) is 5.83. The lowest BCUT2D eigenvalue weighted by Crippen LogP contribution is -2.54. The summed E-state index contributed by atoms with van der Waals surface area (Å²) < 4.78 is 0. The number of carbonyl (C=O) groups is 2. The maximum absolute atomic E-state index is 12.3. The highest BCUT2D eigenvalue weighted by Gasteiger charge is 2.33. The normalized spacial score (nSPS) is 17.1. The molecule has 21 heavy (non-hydrogen) atoms. The van der Waals surface area contributed by atoms with Crippen LogP contribution in [0.3, 0.4) is 0 Å². The minimum Gasteiger partial charge on any atom is -0.350 e. The number of nitrogens with one attached hydrogen (secondary N) is 2. The molecule has 2 atom stereocenters. The number of rotatable bonds is 8. The minimum atomic E-state index is -0.478. The molecule has 124 valence electrons. The fourth-order valence-electron chi connectivity index (χ4n) is 2.28. The van der Waals surface area contributed by atoms with Gasteiger partial charge < -0.3 is 16.4 Å². The minimum absolute atomic E-state index is 0. The number of hydrogen-bond acceptors (Lipinski definition) is 3. The molecule has 1 aliphatic rings. The zero-order chi connectivity index (χ0) is 15.3. The summed E-state index contributed by atoms with van der Waals surface area (Å²) in [5.41, 5.74) is 5.70. The van der Waals surface area contributed by atoms with Crippen LogP contribution in [-0.4, -0.2) is 30.4 Å². The van der Waals surface area contributed by atoms with Gasteiger partial charge in [0.05, 0.1) is 0 Å².